The van der Waals surface area contributed by atoms with Crippen LogP contribution in [0.5, 0.6) is 11.5 Å². The molecule has 0 radical (unpaired) electrons. The van der Waals surface area contributed by atoms with Gasteiger partial charge in [0.2, 0.25) is 6.41 Å². The van der Waals surface area contributed by atoms with E-state index in [-0.39, 0.29) is 11.3 Å². The summed E-state index contributed by atoms with van der Waals surface area (Å²) in [6.45, 7) is 4.18. The van der Waals surface area contributed by atoms with E-state index < -0.39 is 17.6 Å². The number of anilines is 2. The number of hydrogen-bond donors (Lipinski definition) is 1. The van der Waals surface area contributed by atoms with Crippen molar-refractivity contribution in [2.24, 2.45) is 7.05 Å². The Morgan fingerprint density at radius 2 is 1.84 bits per heavy atom. The molecule has 0 aliphatic carbocycles. The summed E-state index contributed by atoms with van der Waals surface area (Å²) in [5.74, 6) is -0.992. The molecule has 3 heterocycles. The molecule has 2 aromatic carbocycles. The monoisotopic (exact) mass is 595 g/mol. The van der Waals surface area contributed by atoms with Crippen LogP contribution >= 0.6 is 0 Å². The van der Waals surface area contributed by atoms with Crippen molar-refractivity contribution < 1.29 is 23.5 Å². The Kier molecular flexibility index (Phi) is 8.51. The quantitative estimate of drug-likeness (QED) is 0.105. The van der Waals surface area contributed by atoms with Crippen LogP contribution in [0.2, 0.25) is 0 Å². The normalized spacial score (nSPS) is 11.3. The molecule has 0 saturated heterocycles. The summed E-state index contributed by atoms with van der Waals surface area (Å²) in [4.78, 5) is 45.5. The van der Waals surface area contributed by atoms with Gasteiger partial charge < -0.3 is 19.5 Å². The van der Waals surface area contributed by atoms with Crippen LogP contribution in [0.15, 0.2) is 91.3 Å². The maximum atomic E-state index is 13.4. The van der Waals surface area contributed by atoms with E-state index in [0.717, 1.165) is 33.8 Å². The fraction of sp³-hybridized carbons (Fsp3) is 0.156. The number of hydrogen-bond acceptors (Lipinski definition) is 7. The van der Waals surface area contributed by atoms with Gasteiger partial charge in [-0.2, -0.15) is 5.10 Å². The molecule has 0 spiro atoms. The molecule has 0 fully saturated rings. The highest BCUT2D eigenvalue weighted by molar-refractivity contribution is 6.30. The van der Waals surface area contributed by atoms with Crippen molar-refractivity contribution in [2.75, 3.05) is 23.8 Å². The molecule has 12 heteroatoms. The van der Waals surface area contributed by atoms with Crippen molar-refractivity contribution in [3.63, 3.8) is 0 Å². The first-order valence-corrected chi connectivity index (χ1v) is 13.7. The fourth-order valence-corrected chi connectivity index (χ4v) is 4.42. The van der Waals surface area contributed by atoms with Crippen LogP contribution in [0.3, 0.4) is 0 Å². The molecule has 224 valence electrons. The average Bonchev–Trinajstić information content (AvgIpc) is 3.67. The maximum Gasteiger partial charge on any atom is 0.271 e. The summed E-state index contributed by atoms with van der Waals surface area (Å²) in [6.07, 6.45) is 8.83. The van der Waals surface area contributed by atoms with Gasteiger partial charge in [0.05, 0.1) is 23.9 Å². The van der Waals surface area contributed by atoms with Crippen LogP contribution in [0.1, 0.15) is 12.5 Å². The van der Waals surface area contributed by atoms with Gasteiger partial charge in [-0.05, 0) is 74.0 Å². The van der Waals surface area contributed by atoms with E-state index in [1.807, 2.05) is 50.0 Å². The first-order chi connectivity index (χ1) is 21.2. The number of ether oxygens (including phenoxy) is 1. The molecule has 0 aliphatic heterocycles. The highest BCUT2D eigenvalue weighted by Crippen LogP contribution is 2.33. The fourth-order valence-electron chi connectivity index (χ4n) is 4.42. The lowest BCUT2D eigenvalue weighted by Crippen LogP contribution is -2.36. The van der Waals surface area contributed by atoms with E-state index in [1.165, 1.54) is 18.3 Å². The minimum absolute atomic E-state index is 0.126. The number of fused-ring (bicyclic) bond motifs is 1. The van der Waals surface area contributed by atoms with E-state index in [2.05, 4.69) is 15.4 Å². The number of nitrogens with one attached hydrogen (secondary N) is 1. The molecule has 0 bridgehead atoms. The van der Waals surface area contributed by atoms with Gasteiger partial charge in [0, 0.05) is 50.5 Å². The lowest BCUT2D eigenvalue weighted by Gasteiger charge is -2.20. The number of aromatic nitrogens is 4. The standard InChI is InChI=1S/C32H30FN7O4/c1-5-37(3)17-26(32(43)39(20-41)25-9-6-23(33)7-10-25)31(42)36-24-8-11-29(21(2)14-24)44-30-15-22(27-18-38(4)19-34-27)16-40-28(30)12-13-35-40/h6-20H,5H2,1-4H3,(H,36,42)/b26-17-. The van der Waals surface area contributed by atoms with Gasteiger partial charge in [0.15, 0.2) is 5.75 Å². The Labute approximate surface area is 252 Å². The molecule has 3 amide bonds. The van der Waals surface area contributed by atoms with Crippen molar-refractivity contribution in [2.45, 2.75) is 13.8 Å². The summed E-state index contributed by atoms with van der Waals surface area (Å²) in [5, 5.41) is 7.10. The van der Waals surface area contributed by atoms with Crippen LogP contribution in [0, 0.1) is 12.7 Å². The molecule has 0 aliphatic rings. The Balaban J connectivity index is 1.39. The third kappa shape index (κ3) is 6.33. The van der Waals surface area contributed by atoms with Crippen molar-refractivity contribution in [3.8, 4) is 22.8 Å². The van der Waals surface area contributed by atoms with Gasteiger partial charge in [-0.3, -0.25) is 14.4 Å². The van der Waals surface area contributed by atoms with Crippen LogP contribution in [-0.2, 0) is 21.4 Å². The van der Waals surface area contributed by atoms with Crippen molar-refractivity contribution in [3.05, 3.63) is 103 Å². The SMILES string of the molecule is CCN(C)/C=C(/C(=O)Nc1ccc(Oc2cc(-c3cn(C)cn3)cn3nccc23)c(C)c1)C(=O)N(C=O)c1ccc(F)cc1. The molecular formula is C32H30FN7O4. The second-order valence-electron chi connectivity index (χ2n) is 10.1. The summed E-state index contributed by atoms with van der Waals surface area (Å²) in [7, 11) is 3.59. The average molecular weight is 596 g/mol. The lowest BCUT2D eigenvalue weighted by molar-refractivity contribution is -0.121. The number of amides is 3. The third-order valence-electron chi connectivity index (χ3n) is 6.88. The lowest BCUT2D eigenvalue weighted by atomic mass is 10.1. The first-order valence-electron chi connectivity index (χ1n) is 13.7. The topological polar surface area (TPSA) is 114 Å². The zero-order chi connectivity index (χ0) is 31.4. The van der Waals surface area contributed by atoms with Gasteiger partial charge >= 0.3 is 0 Å². The summed E-state index contributed by atoms with van der Waals surface area (Å²) in [5.41, 5.74) is 3.32. The molecule has 5 aromatic rings. The Morgan fingerprint density at radius 3 is 2.50 bits per heavy atom. The number of pyridine rings is 1. The van der Waals surface area contributed by atoms with Gasteiger partial charge in [-0.1, -0.05) is 0 Å². The Morgan fingerprint density at radius 1 is 1.07 bits per heavy atom. The number of nitrogens with zero attached hydrogens (tertiary/aromatic N) is 6. The third-order valence-corrected chi connectivity index (χ3v) is 6.88. The minimum Gasteiger partial charge on any atom is -0.455 e. The van der Waals surface area contributed by atoms with E-state index in [4.69, 9.17) is 4.74 Å². The second kappa shape index (κ2) is 12.6. The number of benzene rings is 2. The largest absolute Gasteiger partial charge is 0.455 e. The maximum absolute atomic E-state index is 13.4. The summed E-state index contributed by atoms with van der Waals surface area (Å²) in [6, 6.07) is 13.6. The van der Waals surface area contributed by atoms with E-state index >= 15 is 0 Å². The molecule has 11 nitrogen and oxygen atoms in total. The van der Waals surface area contributed by atoms with Gasteiger partial charge in [-0.25, -0.2) is 18.8 Å². The van der Waals surface area contributed by atoms with Crippen LogP contribution < -0.4 is 15.0 Å². The van der Waals surface area contributed by atoms with Crippen molar-refractivity contribution >= 4 is 35.1 Å². The summed E-state index contributed by atoms with van der Waals surface area (Å²) < 4.78 is 23.3. The second-order valence-corrected chi connectivity index (χ2v) is 10.1. The Bertz CT molecular complexity index is 1880. The van der Waals surface area contributed by atoms with Gasteiger partial charge in [-0.15, -0.1) is 0 Å². The molecule has 0 atom stereocenters. The zero-order valence-corrected chi connectivity index (χ0v) is 24.6. The number of imidazole rings is 1. The van der Waals surface area contributed by atoms with Crippen molar-refractivity contribution in [1.82, 2.24) is 24.1 Å². The van der Waals surface area contributed by atoms with Gasteiger partial charge in [0.25, 0.3) is 11.8 Å². The highest BCUT2D eigenvalue weighted by atomic mass is 19.1. The predicted octanol–water partition coefficient (Wildman–Crippen LogP) is 4.94. The molecule has 3 aromatic heterocycles. The van der Waals surface area contributed by atoms with Crippen LogP contribution in [0.4, 0.5) is 15.8 Å². The molecule has 44 heavy (non-hydrogen) atoms. The summed E-state index contributed by atoms with van der Waals surface area (Å²) >= 11 is 0. The number of carbonyl (C=O) groups is 3. The van der Waals surface area contributed by atoms with Gasteiger partial charge in [0.1, 0.15) is 22.7 Å². The van der Waals surface area contributed by atoms with E-state index in [9.17, 15) is 18.8 Å². The molecule has 5 rings (SSSR count). The minimum atomic E-state index is -0.862. The van der Waals surface area contributed by atoms with E-state index in [1.54, 1.807) is 47.2 Å². The number of halogens is 1. The number of carbonyl (C=O) groups excluding carboxylic acids is 3. The molecule has 0 unspecified atom stereocenters. The predicted molar refractivity (Wildman–Crippen MR) is 164 cm³/mol. The Hall–Kier alpha value is -5.78. The first kappa shape index (κ1) is 29.7. The van der Waals surface area contributed by atoms with E-state index in [0.29, 0.717) is 35.7 Å². The zero-order valence-electron chi connectivity index (χ0n) is 24.6. The highest BCUT2D eigenvalue weighted by Gasteiger charge is 2.26. The van der Waals surface area contributed by atoms with Crippen molar-refractivity contribution in [1.29, 1.82) is 0 Å². The molecule has 0 saturated carbocycles. The molecular weight excluding hydrogens is 565 g/mol. The number of rotatable bonds is 10. The molecule has 1 N–H and O–H groups in total. The number of imide groups is 1. The number of aryl methyl sites for hydroxylation is 2. The van der Waals surface area contributed by atoms with Crippen LogP contribution in [-0.4, -0.2) is 55.9 Å². The smallest absolute Gasteiger partial charge is 0.271 e. The van der Waals surface area contributed by atoms with Crippen LogP contribution in [0.25, 0.3) is 16.8 Å².